The Labute approximate surface area is 105 Å². The minimum Gasteiger partial charge on any atom is -0.493 e. The van der Waals surface area contributed by atoms with E-state index in [0.717, 1.165) is 5.56 Å². The maximum Gasteiger partial charge on any atom is 0.179 e. The summed E-state index contributed by atoms with van der Waals surface area (Å²) in [6.07, 6.45) is 3.40. The Hall–Kier alpha value is -2.54. The molecular formula is C14H12N2O2. The number of methoxy groups -OCH3 is 1. The third kappa shape index (κ3) is 2.58. The van der Waals surface area contributed by atoms with E-state index in [1.165, 1.54) is 0 Å². The SMILES string of the molecule is COc1cccc(C#N)c1OCc1ccncc1. The van der Waals surface area contributed by atoms with E-state index in [1.807, 2.05) is 12.1 Å². The quantitative estimate of drug-likeness (QED) is 0.824. The topological polar surface area (TPSA) is 55.1 Å². The lowest BCUT2D eigenvalue weighted by Gasteiger charge is -2.11. The standard InChI is InChI=1S/C14H12N2O2/c1-17-13-4-2-3-12(9-15)14(13)18-10-11-5-7-16-8-6-11/h2-8H,10H2,1H3. The number of para-hydroxylation sites is 1. The summed E-state index contributed by atoms with van der Waals surface area (Å²) in [5, 5.41) is 9.04. The monoisotopic (exact) mass is 240 g/mol. The molecule has 0 amide bonds. The average molecular weight is 240 g/mol. The Kier molecular flexibility index (Phi) is 3.77. The number of aromatic nitrogens is 1. The van der Waals surface area contributed by atoms with Gasteiger partial charge in [-0.15, -0.1) is 0 Å². The van der Waals surface area contributed by atoms with Crippen LogP contribution in [0.5, 0.6) is 11.5 Å². The lowest BCUT2D eigenvalue weighted by molar-refractivity contribution is 0.283. The van der Waals surface area contributed by atoms with E-state index >= 15 is 0 Å². The Morgan fingerprint density at radius 2 is 2.00 bits per heavy atom. The van der Waals surface area contributed by atoms with Crippen LogP contribution >= 0.6 is 0 Å². The second kappa shape index (κ2) is 5.69. The van der Waals surface area contributed by atoms with Crippen LogP contribution < -0.4 is 9.47 Å². The highest BCUT2D eigenvalue weighted by Crippen LogP contribution is 2.31. The van der Waals surface area contributed by atoms with Gasteiger partial charge in [-0.3, -0.25) is 4.98 Å². The summed E-state index contributed by atoms with van der Waals surface area (Å²) in [6.45, 7) is 0.373. The minimum absolute atomic E-state index is 0.373. The van der Waals surface area contributed by atoms with Gasteiger partial charge in [0.1, 0.15) is 12.7 Å². The van der Waals surface area contributed by atoms with Crippen LogP contribution in [0.2, 0.25) is 0 Å². The van der Waals surface area contributed by atoms with E-state index < -0.39 is 0 Å². The molecule has 1 aromatic carbocycles. The summed E-state index contributed by atoms with van der Waals surface area (Å²) in [5.41, 5.74) is 1.45. The fourth-order valence-electron chi connectivity index (χ4n) is 1.55. The lowest BCUT2D eigenvalue weighted by Crippen LogP contribution is -1.99. The first-order valence-corrected chi connectivity index (χ1v) is 5.44. The normalized spacial score (nSPS) is 9.56. The molecule has 0 unspecified atom stereocenters. The Morgan fingerprint density at radius 3 is 2.67 bits per heavy atom. The van der Waals surface area contributed by atoms with Gasteiger partial charge in [-0.2, -0.15) is 5.26 Å². The van der Waals surface area contributed by atoms with E-state index in [-0.39, 0.29) is 0 Å². The zero-order chi connectivity index (χ0) is 12.8. The number of nitriles is 1. The first-order valence-electron chi connectivity index (χ1n) is 5.44. The smallest absolute Gasteiger partial charge is 0.179 e. The van der Waals surface area contributed by atoms with Crippen LogP contribution in [0.4, 0.5) is 0 Å². The number of nitrogens with zero attached hydrogens (tertiary/aromatic N) is 2. The van der Waals surface area contributed by atoms with Gasteiger partial charge in [-0.1, -0.05) is 6.07 Å². The summed E-state index contributed by atoms with van der Waals surface area (Å²) >= 11 is 0. The maximum atomic E-state index is 9.04. The number of hydrogen-bond acceptors (Lipinski definition) is 4. The van der Waals surface area contributed by atoms with Crippen molar-refractivity contribution in [3.05, 3.63) is 53.9 Å². The van der Waals surface area contributed by atoms with E-state index in [0.29, 0.717) is 23.7 Å². The predicted octanol–water partition coefficient (Wildman–Crippen LogP) is 2.54. The van der Waals surface area contributed by atoms with Crippen LogP contribution in [0, 0.1) is 11.3 Å². The molecule has 0 aliphatic carbocycles. The van der Waals surface area contributed by atoms with Gasteiger partial charge in [-0.05, 0) is 29.8 Å². The molecule has 0 saturated carbocycles. The summed E-state index contributed by atoms with van der Waals surface area (Å²) < 4.78 is 10.8. The zero-order valence-electron chi connectivity index (χ0n) is 9.96. The molecule has 2 rings (SSSR count). The summed E-state index contributed by atoms with van der Waals surface area (Å²) in [5.74, 6) is 1.03. The van der Waals surface area contributed by atoms with Crippen LogP contribution in [0.1, 0.15) is 11.1 Å². The number of benzene rings is 1. The second-order valence-electron chi connectivity index (χ2n) is 3.59. The highest BCUT2D eigenvalue weighted by molar-refractivity contribution is 5.52. The van der Waals surface area contributed by atoms with Crippen molar-refractivity contribution in [1.82, 2.24) is 4.98 Å². The first kappa shape index (κ1) is 11.9. The lowest BCUT2D eigenvalue weighted by atomic mass is 10.2. The fraction of sp³-hybridized carbons (Fsp3) is 0.143. The molecule has 0 N–H and O–H groups in total. The number of hydrogen-bond donors (Lipinski definition) is 0. The number of rotatable bonds is 4. The van der Waals surface area contributed by atoms with Gasteiger partial charge in [0, 0.05) is 12.4 Å². The van der Waals surface area contributed by atoms with Crippen LogP contribution in [-0.2, 0) is 6.61 Å². The van der Waals surface area contributed by atoms with Gasteiger partial charge >= 0.3 is 0 Å². The van der Waals surface area contributed by atoms with Crippen molar-refractivity contribution < 1.29 is 9.47 Å². The molecule has 2 aromatic rings. The summed E-state index contributed by atoms with van der Waals surface area (Å²) in [4.78, 5) is 3.94. The molecule has 18 heavy (non-hydrogen) atoms. The second-order valence-corrected chi connectivity index (χ2v) is 3.59. The van der Waals surface area contributed by atoms with E-state index in [9.17, 15) is 0 Å². The molecule has 90 valence electrons. The molecule has 0 aliphatic rings. The van der Waals surface area contributed by atoms with Crippen molar-refractivity contribution in [3.8, 4) is 17.6 Å². The number of ether oxygens (including phenoxy) is 2. The molecule has 4 heteroatoms. The zero-order valence-corrected chi connectivity index (χ0v) is 9.96. The number of pyridine rings is 1. The molecule has 1 heterocycles. The van der Waals surface area contributed by atoms with Crippen molar-refractivity contribution in [3.63, 3.8) is 0 Å². The van der Waals surface area contributed by atoms with Crippen molar-refractivity contribution in [1.29, 1.82) is 5.26 Å². The Bertz CT molecular complexity index is 562. The van der Waals surface area contributed by atoms with Gasteiger partial charge in [0.05, 0.1) is 12.7 Å². The summed E-state index contributed by atoms with van der Waals surface area (Å²) in [6, 6.07) is 11.0. The van der Waals surface area contributed by atoms with Crippen molar-refractivity contribution in [2.24, 2.45) is 0 Å². The maximum absolute atomic E-state index is 9.04. The molecule has 0 saturated heterocycles. The van der Waals surface area contributed by atoms with Gasteiger partial charge in [0.25, 0.3) is 0 Å². The van der Waals surface area contributed by atoms with Gasteiger partial charge < -0.3 is 9.47 Å². The Balaban J connectivity index is 2.21. The third-order valence-corrected chi connectivity index (χ3v) is 2.45. The van der Waals surface area contributed by atoms with Gasteiger partial charge in [-0.25, -0.2) is 0 Å². The van der Waals surface area contributed by atoms with Gasteiger partial charge in [0.15, 0.2) is 11.5 Å². The van der Waals surface area contributed by atoms with Gasteiger partial charge in [0.2, 0.25) is 0 Å². The highest BCUT2D eigenvalue weighted by atomic mass is 16.5. The van der Waals surface area contributed by atoms with E-state index in [1.54, 1.807) is 37.7 Å². The van der Waals surface area contributed by atoms with Crippen molar-refractivity contribution in [2.45, 2.75) is 6.61 Å². The molecule has 0 spiro atoms. The van der Waals surface area contributed by atoms with Crippen molar-refractivity contribution >= 4 is 0 Å². The molecule has 0 bridgehead atoms. The first-order chi connectivity index (χ1) is 8.85. The third-order valence-electron chi connectivity index (χ3n) is 2.45. The van der Waals surface area contributed by atoms with Crippen molar-refractivity contribution in [2.75, 3.05) is 7.11 Å². The average Bonchev–Trinajstić information content (AvgIpc) is 2.45. The molecule has 0 atom stereocenters. The van der Waals surface area contributed by atoms with Crippen LogP contribution in [0.25, 0.3) is 0 Å². The Morgan fingerprint density at radius 1 is 1.22 bits per heavy atom. The van der Waals surface area contributed by atoms with Crippen LogP contribution in [0.3, 0.4) is 0 Å². The molecular weight excluding hydrogens is 228 g/mol. The highest BCUT2D eigenvalue weighted by Gasteiger charge is 2.10. The van der Waals surface area contributed by atoms with E-state index in [4.69, 9.17) is 14.7 Å². The molecule has 4 nitrogen and oxygen atoms in total. The molecule has 0 radical (unpaired) electrons. The fourth-order valence-corrected chi connectivity index (χ4v) is 1.55. The largest absolute Gasteiger partial charge is 0.493 e. The molecule has 1 aromatic heterocycles. The summed E-state index contributed by atoms with van der Waals surface area (Å²) in [7, 11) is 1.55. The van der Waals surface area contributed by atoms with E-state index in [2.05, 4.69) is 11.1 Å². The predicted molar refractivity (Wildman–Crippen MR) is 66.3 cm³/mol. The molecule has 0 aliphatic heterocycles. The minimum atomic E-state index is 0.373. The molecule has 0 fully saturated rings. The van der Waals surface area contributed by atoms with Crippen LogP contribution in [0.15, 0.2) is 42.7 Å². The van der Waals surface area contributed by atoms with Crippen LogP contribution in [-0.4, -0.2) is 12.1 Å².